The highest BCUT2D eigenvalue weighted by Gasteiger charge is 2.27. The van der Waals surface area contributed by atoms with Crippen LogP contribution in [-0.4, -0.2) is 57.4 Å². The average molecular weight is 357 g/mol. The molecule has 0 saturated carbocycles. The molecular formula is C16H25BrN2O2. The van der Waals surface area contributed by atoms with E-state index in [0.29, 0.717) is 0 Å². The molecule has 0 bridgehead atoms. The summed E-state index contributed by atoms with van der Waals surface area (Å²) in [7, 11) is 3.72. The Kier molecular flexibility index (Phi) is 6.48. The summed E-state index contributed by atoms with van der Waals surface area (Å²) >= 11 is 3.54. The van der Waals surface area contributed by atoms with E-state index in [1.54, 1.807) is 7.11 Å². The lowest BCUT2D eigenvalue weighted by atomic mass is 9.99. The highest BCUT2D eigenvalue weighted by molar-refractivity contribution is 9.10. The van der Waals surface area contributed by atoms with E-state index in [0.717, 1.165) is 42.9 Å². The Morgan fingerprint density at radius 2 is 2.33 bits per heavy atom. The van der Waals surface area contributed by atoms with Gasteiger partial charge in [0.2, 0.25) is 0 Å². The quantitative estimate of drug-likeness (QED) is 0.847. The molecule has 1 heterocycles. The second-order valence-corrected chi connectivity index (χ2v) is 6.27. The highest BCUT2D eigenvalue weighted by atomic mass is 79.9. The van der Waals surface area contributed by atoms with Gasteiger partial charge < -0.3 is 14.8 Å². The van der Waals surface area contributed by atoms with Gasteiger partial charge in [0.1, 0.15) is 5.75 Å². The van der Waals surface area contributed by atoms with Gasteiger partial charge in [0.15, 0.2) is 0 Å². The van der Waals surface area contributed by atoms with E-state index in [9.17, 15) is 0 Å². The van der Waals surface area contributed by atoms with Gasteiger partial charge in [0.25, 0.3) is 0 Å². The maximum absolute atomic E-state index is 5.98. The first kappa shape index (κ1) is 16.7. The number of likely N-dealkylation sites (N-methyl/N-ethyl adjacent to an activating group) is 2. The van der Waals surface area contributed by atoms with Crippen molar-refractivity contribution in [2.75, 3.05) is 40.4 Å². The first-order chi connectivity index (χ1) is 10.2. The van der Waals surface area contributed by atoms with Crippen molar-refractivity contribution in [2.45, 2.75) is 25.5 Å². The minimum absolute atomic E-state index is 0.215. The molecule has 21 heavy (non-hydrogen) atoms. The molecule has 1 saturated heterocycles. The Morgan fingerprint density at radius 3 is 3.00 bits per heavy atom. The van der Waals surface area contributed by atoms with Gasteiger partial charge in [0.05, 0.1) is 19.8 Å². The Labute approximate surface area is 135 Å². The molecule has 2 atom stereocenters. The molecule has 1 fully saturated rings. The van der Waals surface area contributed by atoms with Gasteiger partial charge in [-0.2, -0.15) is 0 Å². The molecule has 0 radical (unpaired) electrons. The van der Waals surface area contributed by atoms with E-state index in [1.165, 1.54) is 5.56 Å². The summed E-state index contributed by atoms with van der Waals surface area (Å²) in [5, 5.41) is 3.41. The minimum atomic E-state index is 0.215. The number of methoxy groups -OCH3 is 1. The lowest BCUT2D eigenvalue weighted by Crippen LogP contribution is -2.52. The predicted molar refractivity (Wildman–Crippen MR) is 89.1 cm³/mol. The molecule has 0 spiro atoms. The first-order valence-electron chi connectivity index (χ1n) is 7.51. The number of ether oxygens (including phenoxy) is 2. The maximum Gasteiger partial charge on any atom is 0.122 e. The van der Waals surface area contributed by atoms with E-state index < -0.39 is 0 Å². The van der Waals surface area contributed by atoms with E-state index in [-0.39, 0.29) is 12.1 Å². The monoisotopic (exact) mass is 356 g/mol. The Bertz CT molecular complexity index is 456. The van der Waals surface area contributed by atoms with Crippen molar-refractivity contribution in [3.05, 3.63) is 28.2 Å². The van der Waals surface area contributed by atoms with Gasteiger partial charge in [-0.1, -0.05) is 22.9 Å². The highest BCUT2D eigenvalue weighted by Crippen LogP contribution is 2.25. The number of rotatable bonds is 6. The average Bonchev–Trinajstić information content (AvgIpc) is 2.52. The van der Waals surface area contributed by atoms with Crippen LogP contribution in [-0.2, 0) is 11.2 Å². The topological polar surface area (TPSA) is 33.7 Å². The number of hydrogen-bond donors (Lipinski definition) is 1. The summed E-state index contributed by atoms with van der Waals surface area (Å²) in [5.74, 6) is 0.932. The van der Waals surface area contributed by atoms with Crippen molar-refractivity contribution in [2.24, 2.45) is 0 Å². The lowest BCUT2D eigenvalue weighted by Gasteiger charge is -2.36. The van der Waals surface area contributed by atoms with E-state index >= 15 is 0 Å². The third-order valence-electron chi connectivity index (χ3n) is 4.13. The SMILES string of the molecule is CCN1CCOC(C(Cc2cc(Br)ccc2OC)NC)C1. The fourth-order valence-corrected chi connectivity index (χ4v) is 3.23. The van der Waals surface area contributed by atoms with Crippen molar-refractivity contribution in [3.8, 4) is 5.75 Å². The van der Waals surface area contributed by atoms with Crippen LogP contribution in [0.2, 0.25) is 0 Å². The van der Waals surface area contributed by atoms with Crippen LogP contribution in [0.15, 0.2) is 22.7 Å². The van der Waals surface area contributed by atoms with E-state index in [4.69, 9.17) is 9.47 Å². The van der Waals surface area contributed by atoms with Crippen LogP contribution in [0.3, 0.4) is 0 Å². The smallest absolute Gasteiger partial charge is 0.122 e. The Hall–Kier alpha value is -0.620. The van der Waals surface area contributed by atoms with Gasteiger partial charge >= 0.3 is 0 Å². The van der Waals surface area contributed by atoms with Gasteiger partial charge in [-0.3, -0.25) is 4.90 Å². The van der Waals surface area contributed by atoms with Crippen LogP contribution in [0.25, 0.3) is 0 Å². The fraction of sp³-hybridized carbons (Fsp3) is 0.625. The summed E-state index contributed by atoms with van der Waals surface area (Å²) in [4.78, 5) is 2.44. The Balaban J connectivity index is 2.09. The second kappa shape index (κ2) is 8.13. The molecule has 0 aromatic heterocycles. The van der Waals surface area contributed by atoms with Crippen molar-refractivity contribution in [3.63, 3.8) is 0 Å². The van der Waals surface area contributed by atoms with Crippen molar-refractivity contribution >= 4 is 15.9 Å². The van der Waals surface area contributed by atoms with Crippen molar-refractivity contribution in [1.29, 1.82) is 0 Å². The van der Waals surface area contributed by atoms with Crippen LogP contribution in [0.5, 0.6) is 5.75 Å². The summed E-state index contributed by atoms with van der Waals surface area (Å²) < 4.78 is 12.5. The molecular weight excluding hydrogens is 332 g/mol. The number of morpholine rings is 1. The standard InChI is InChI=1S/C16H25BrN2O2/c1-4-19-7-8-21-16(11-19)14(18-2)10-12-9-13(17)5-6-15(12)20-3/h5-6,9,14,16,18H,4,7-8,10-11H2,1-3H3. The molecule has 1 aromatic carbocycles. The predicted octanol–water partition coefficient (Wildman–Crippen LogP) is 2.31. The molecule has 0 aliphatic carbocycles. The largest absolute Gasteiger partial charge is 0.496 e. The Morgan fingerprint density at radius 1 is 1.52 bits per heavy atom. The van der Waals surface area contributed by atoms with Gasteiger partial charge in [-0.05, 0) is 43.8 Å². The zero-order chi connectivity index (χ0) is 15.2. The zero-order valence-corrected chi connectivity index (χ0v) is 14.6. The van der Waals surface area contributed by atoms with Crippen LogP contribution < -0.4 is 10.1 Å². The molecule has 0 amide bonds. The number of halogens is 1. The molecule has 1 aliphatic heterocycles. The third kappa shape index (κ3) is 4.42. The van der Waals surface area contributed by atoms with Crippen LogP contribution in [0, 0.1) is 0 Å². The molecule has 1 aliphatic rings. The number of hydrogen-bond acceptors (Lipinski definition) is 4. The minimum Gasteiger partial charge on any atom is -0.496 e. The number of nitrogens with one attached hydrogen (secondary N) is 1. The van der Waals surface area contributed by atoms with Crippen molar-refractivity contribution in [1.82, 2.24) is 10.2 Å². The van der Waals surface area contributed by atoms with E-state index in [1.807, 2.05) is 19.2 Å². The van der Waals surface area contributed by atoms with Crippen LogP contribution in [0.1, 0.15) is 12.5 Å². The zero-order valence-electron chi connectivity index (χ0n) is 13.1. The molecule has 118 valence electrons. The third-order valence-corrected chi connectivity index (χ3v) is 4.62. The van der Waals surface area contributed by atoms with Gasteiger partial charge in [0, 0.05) is 23.6 Å². The van der Waals surface area contributed by atoms with Gasteiger partial charge in [-0.15, -0.1) is 0 Å². The van der Waals surface area contributed by atoms with Gasteiger partial charge in [-0.25, -0.2) is 0 Å². The first-order valence-corrected chi connectivity index (χ1v) is 8.30. The molecule has 1 aromatic rings. The van der Waals surface area contributed by atoms with Crippen molar-refractivity contribution < 1.29 is 9.47 Å². The second-order valence-electron chi connectivity index (χ2n) is 5.36. The maximum atomic E-state index is 5.98. The molecule has 5 heteroatoms. The number of benzene rings is 1. The lowest BCUT2D eigenvalue weighted by molar-refractivity contribution is -0.0436. The normalized spacial score (nSPS) is 21.2. The number of nitrogens with zero attached hydrogens (tertiary/aromatic N) is 1. The summed E-state index contributed by atoms with van der Waals surface area (Å²) in [6, 6.07) is 6.42. The van der Waals surface area contributed by atoms with E-state index in [2.05, 4.69) is 39.1 Å². The summed E-state index contributed by atoms with van der Waals surface area (Å²) in [5.41, 5.74) is 1.20. The fourth-order valence-electron chi connectivity index (χ4n) is 2.83. The van der Waals surface area contributed by atoms with Crippen LogP contribution >= 0.6 is 15.9 Å². The van der Waals surface area contributed by atoms with Crippen LogP contribution in [0.4, 0.5) is 0 Å². The molecule has 2 rings (SSSR count). The molecule has 4 nitrogen and oxygen atoms in total. The summed E-state index contributed by atoms with van der Waals surface area (Å²) in [6.07, 6.45) is 1.11. The molecule has 2 unspecified atom stereocenters. The molecule has 1 N–H and O–H groups in total. The summed E-state index contributed by atoms with van der Waals surface area (Å²) in [6.45, 7) is 6.11.